The Morgan fingerprint density at radius 1 is 1.19 bits per heavy atom. The molecule has 3 rings (SSSR count). The summed E-state index contributed by atoms with van der Waals surface area (Å²) >= 11 is 1.75. The van der Waals surface area contributed by atoms with E-state index in [9.17, 15) is 0 Å². The van der Waals surface area contributed by atoms with E-state index in [0.717, 1.165) is 42.8 Å². The number of guanidine groups is 1. The average molecular weight is 500 g/mol. The van der Waals surface area contributed by atoms with Crippen LogP contribution in [0.25, 0.3) is 0 Å². The molecule has 2 aromatic rings. The summed E-state index contributed by atoms with van der Waals surface area (Å²) in [5.41, 5.74) is 1.21. The lowest BCUT2D eigenvalue weighted by Gasteiger charge is -2.28. The Hall–Kier alpha value is -1.42. The largest absolute Gasteiger partial charge is 0.357 e. The first-order valence-electron chi connectivity index (χ1n) is 9.36. The summed E-state index contributed by atoms with van der Waals surface area (Å²) in [6.45, 7) is 5.79. The van der Waals surface area contributed by atoms with Crippen LogP contribution >= 0.6 is 35.3 Å². The zero-order chi connectivity index (χ0) is 18.2. The van der Waals surface area contributed by atoms with Crippen molar-refractivity contribution in [2.75, 3.05) is 25.0 Å². The number of rotatable bonds is 6. The second-order valence-electron chi connectivity index (χ2n) is 6.42. The van der Waals surface area contributed by atoms with E-state index < -0.39 is 0 Å². The van der Waals surface area contributed by atoms with Crippen molar-refractivity contribution >= 4 is 47.1 Å². The molecule has 0 unspecified atom stereocenters. The number of nitrogens with one attached hydrogen (secondary N) is 2. The molecule has 2 N–H and O–H groups in total. The maximum Gasteiger partial charge on any atom is 0.191 e. The quantitative estimate of drug-likeness (QED) is 0.361. The van der Waals surface area contributed by atoms with Gasteiger partial charge in [0.05, 0.1) is 6.54 Å². The lowest BCUT2D eigenvalue weighted by molar-refractivity contribution is 0.573. The van der Waals surface area contributed by atoms with Gasteiger partial charge in [0.15, 0.2) is 5.96 Å². The summed E-state index contributed by atoms with van der Waals surface area (Å²) in [4.78, 5) is 17.0. The van der Waals surface area contributed by atoms with Gasteiger partial charge in [-0.05, 0) is 43.4 Å². The molecular formula is C19H29IN6S. The monoisotopic (exact) mass is 500 g/mol. The Kier molecular flexibility index (Phi) is 9.26. The van der Waals surface area contributed by atoms with E-state index in [1.807, 2.05) is 12.4 Å². The number of aliphatic imine (C=N–C) groups is 1. The minimum Gasteiger partial charge on any atom is -0.357 e. The lowest BCUT2D eigenvalue weighted by Crippen LogP contribution is -2.36. The fourth-order valence-corrected chi connectivity index (χ4v) is 3.83. The van der Waals surface area contributed by atoms with Crippen LogP contribution in [0.4, 0.5) is 5.82 Å². The van der Waals surface area contributed by atoms with Gasteiger partial charge >= 0.3 is 0 Å². The van der Waals surface area contributed by atoms with E-state index in [4.69, 9.17) is 0 Å². The topological polar surface area (TPSA) is 65.4 Å². The SMILES string of the molecule is CCc1cnc(CNC(=NC)NCc2ccnc(N3CCCCC3)c2)s1.I. The zero-order valence-corrected chi connectivity index (χ0v) is 19.2. The summed E-state index contributed by atoms with van der Waals surface area (Å²) in [7, 11) is 1.79. The van der Waals surface area contributed by atoms with Crippen LogP contribution in [-0.2, 0) is 19.5 Å². The molecule has 27 heavy (non-hydrogen) atoms. The predicted molar refractivity (Wildman–Crippen MR) is 124 cm³/mol. The standard InChI is InChI=1S/C19H28N6S.HI/c1-3-16-13-22-18(26-16)14-24-19(20-2)23-12-15-7-8-21-17(11-15)25-9-5-4-6-10-25;/h7-8,11,13H,3-6,9-10,12,14H2,1-2H3,(H2,20,23,24);1H. The van der Waals surface area contributed by atoms with Crippen LogP contribution in [-0.4, -0.2) is 36.1 Å². The number of anilines is 1. The van der Waals surface area contributed by atoms with Gasteiger partial charge in [0.25, 0.3) is 0 Å². The molecular weight excluding hydrogens is 471 g/mol. The number of halogens is 1. The highest BCUT2D eigenvalue weighted by atomic mass is 127. The Morgan fingerprint density at radius 2 is 1.96 bits per heavy atom. The molecule has 1 aliphatic heterocycles. The normalized spacial score (nSPS) is 14.6. The number of pyridine rings is 1. The molecule has 148 valence electrons. The van der Waals surface area contributed by atoms with Crippen LogP contribution in [0.5, 0.6) is 0 Å². The van der Waals surface area contributed by atoms with Gasteiger partial charge in [-0.15, -0.1) is 35.3 Å². The van der Waals surface area contributed by atoms with Crippen molar-refractivity contribution in [2.24, 2.45) is 4.99 Å². The van der Waals surface area contributed by atoms with Crippen LogP contribution < -0.4 is 15.5 Å². The molecule has 8 heteroatoms. The summed E-state index contributed by atoms with van der Waals surface area (Å²) in [6, 6.07) is 4.24. The van der Waals surface area contributed by atoms with Gasteiger partial charge in [0.2, 0.25) is 0 Å². The molecule has 3 heterocycles. The van der Waals surface area contributed by atoms with Crippen molar-refractivity contribution in [2.45, 2.75) is 45.7 Å². The first-order chi connectivity index (χ1) is 12.8. The van der Waals surface area contributed by atoms with Gasteiger partial charge in [-0.1, -0.05) is 6.92 Å². The Bertz CT molecular complexity index is 726. The molecule has 1 fully saturated rings. The Balaban J connectivity index is 0.00000261. The molecule has 1 aliphatic rings. The van der Waals surface area contributed by atoms with Crippen LogP contribution in [0, 0.1) is 0 Å². The second kappa shape index (κ2) is 11.4. The minimum absolute atomic E-state index is 0. The number of hydrogen-bond acceptors (Lipinski definition) is 5. The molecule has 0 spiro atoms. The molecule has 0 atom stereocenters. The molecule has 0 amide bonds. The van der Waals surface area contributed by atoms with Crippen molar-refractivity contribution < 1.29 is 0 Å². The second-order valence-corrected chi connectivity index (χ2v) is 7.62. The average Bonchev–Trinajstić information content (AvgIpc) is 3.17. The van der Waals surface area contributed by atoms with Gasteiger partial charge in [0.1, 0.15) is 10.8 Å². The van der Waals surface area contributed by atoms with Crippen molar-refractivity contribution in [3.63, 3.8) is 0 Å². The van der Waals surface area contributed by atoms with E-state index in [2.05, 4.69) is 49.6 Å². The maximum atomic E-state index is 4.54. The third kappa shape index (κ3) is 6.60. The first kappa shape index (κ1) is 21.9. The number of piperidine rings is 1. The summed E-state index contributed by atoms with van der Waals surface area (Å²) in [5.74, 6) is 1.87. The van der Waals surface area contributed by atoms with E-state index in [0.29, 0.717) is 6.54 Å². The zero-order valence-electron chi connectivity index (χ0n) is 16.1. The minimum atomic E-state index is 0. The lowest BCUT2D eigenvalue weighted by atomic mass is 10.1. The van der Waals surface area contributed by atoms with Gasteiger partial charge in [-0.2, -0.15) is 0 Å². The van der Waals surface area contributed by atoms with E-state index in [1.165, 1.54) is 29.7 Å². The van der Waals surface area contributed by atoms with E-state index >= 15 is 0 Å². The third-order valence-corrected chi connectivity index (χ3v) is 5.67. The molecule has 6 nitrogen and oxygen atoms in total. The van der Waals surface area contributed by atoms with Gasteiger partial charge in [-0.25, -0.2) is 9.97 Å². The van der Waals surface area contributed by atoms with Crippen molar-refractivity contribution in [3.05, 3.63) is 40.0 Å². The van der Waals surface area contributed by atoms with Crippen LogP contribution in [0.3, 0.4) is 0 Å². The number of aromatic nitrogens is 2. The number of thiazole rings is 1. The molecule has 0 radical (unpaired) electrons. The molecule has 0 aromatic carbocycles. The molecule has 0 bridgehead atoms. The third-order valence-electron chi connectivity index (χ3n) is 4.53. The number of aryl methyl sites for hydroxylation is 1. The number of nitrogens with zero attached hydrogens (tertiary/aromatic N) is 4. The van der Waals surface area contributed by atoms with E-state index in [-0.39, 0.29) is 24.0 Å². The first-order valence-corrected chi connectivity index (χ1v) is 10.2. The summed E-state index contributed by atoms with van der Waals surface area (Å²) < 4.78 is 0. The molecule has 2 aromatic heterocycles. The Labute approximate surface area is 182 Å². The van der Waals surface area contributed by atoms with Gasteiger partial charge in [-0.3, -0.25) is 4.99 Å². The van der Waals surface area contributed by atoms with Crippen molar-refractivity contribution in [1.29, 1.82) is 0 Å². The smallest absolute Gasteiger partial charge is 0.191 e. The van der Waals surface area contributed by atoms with Gasteiger partial charge < -0.3 is 15.5 Å². The highest BCUT2D eigenvalue weighted by Gasteiger charge is 2.12. The molecule has 0 aliphatic carbocycles. The predicted octanol–water partition coefficient (Wildman–Crippen LogP) is 3.57. The molecule has 1 saturated heterocycles. The summed E-state index contributed by atoms with van der Waals surface area (Å²) in [5, 5.41) is 7.79. The van der Waals surface area contributed by atoms with Crippen LogP contribution in [0.1, 0.15) is 41.6 Å². The Morgan fingerprint density at radius 3 is 2.67 bits per heavy atom. The van der Waals surface area contributed by atoms with Crippen molar-refractivity contribution in [3.8, 4) is 0 Å². The highest BCUT2D eigenvalue weighted by molar-refractivity contribution is 14.0. The highest BCUT2D eigenvalue weighted by Crippen LogP contribution is 2.18. The van der Waals surface area contributed by atoms with E-state index in [1.54, 1.807) is 18.4 Å². The molecule has 0 saturated carbocycles. The van der Waals surface area contributed by atoms with Crippen LogP contribution in [0.2, 0.25) is 0 Å². The fraction of sp³-hybridized carbons (Fsp3) is 0.526. The summed E-state index contributed by atoms with van der Waals surface area (Å²) in [6.07, 6.45) is 8.75. The maximum absolute atomic E-state index is 4.54. The number of hydrogen-bond donors (Lipinski definition) is 2. The van der Waals surface area contributed by atoms with Gasteiger partial charge in [0, 0.05) is 44.0 Å². The van der Waals surface area contributed by atoms with Crippen molar-refractivity contribution in [1.82, 2.24) is 20.6 Å². The fourth-order valence-electron chi connectivity index (χ4n) is 3.03. The van der Waals surface area contributed by atoms with Crippen LogP contribution in [0.15, 0.2) is 29.5 Å².